The van der Waals surface area contributed by atoms with E-state index in [0.717, 1.165) is 24.3 Å². The highest BCUT2D eigenvalue weighted by atomic mass is 35.5. The molecular weight excluding hydrogens is 241 g/mol. The maximum Gasteiger partial charge on any atom is 0.328 e. The van der Waals surface area contributed by atoms with Gasteiger partial charge >= 0.3 is 11.7 Å². The van der Waals surface area contributed by atoms with Crippen LogP contribution in [0.2, 0.25) is 5.02 Å². The summed E-state index contributed by atoms with van der Waals surface area (Å²) in [4.78, 5) is 19.6. The number of halogens is 2. The molecule has 1 rings (SSSR count). The zero-order valence-electron chi connectivity index (χ0n) is 7.68. The molecule has 5 nitrogen and oxygen atoms in total. The number of hydrogen-bond acceptors (Lipinski definition) is 3. The monoisotopic (exact) mass is 245 g/mol. The zero-order chi connectivity index (χ0) is 12.3. The first-order valence-corrected chi connectivity index (χ1v) is 4.34. The highest BCUT2D eigenvalue weighted by Crippen LogP contribution is 2.26. The van der Waals surface area contributed by atoms with Gasteiger partial charge in [-0.05, 0) is 17.7 Å². The number of carbonyl (C=O) groups is 1. The summed E-state index contributed by atoms with van der Waals surface area (Å²) in [6, 6.07) is 1.64. The molecule has 0 atom stereocenters. The number of benzene rings is 1. The number of carboxylic acid groups (broad SMARTS) is 1. The molecule has 1 aromatic rings. The molecule has 0 aliphatic carbocycles. The zero-order valence-corrected chi connectivity index (χ0v) is 8.44. The van der Waals surface area contributed by atoms with Gasteiger partial charge in [-0.25, -0.2) is 4.79 Å². The van der Waals surface area contributed by atoms with Crippen molar-refractivity contribution in [1.29, 1.82) is 0 Å². The lowest BCUT2D eigenvalue weighted by atomic mass is 10.2. The summed E-state index contributed by atoms with van der Waals surface area (Å²) in [6.07, 6.45) is 1.81. The first-order chi connectivity index (χ1) is 7.41. The van der Waals surface area contributed by atoms with Gasteiger partial charge in [0.25, 0.3) is 0 Å². The van der Waals surface area contributed by atoms with Gasteiger partial charge in [-0.2, -0.15) is 4.39 Å². The number of aliphatic carboxylic acids is 1. The van der Waals surface area contributed by atoms with Crippen LogP contribution in [-0.2, 0) is 4.79 Å². The predicted molar refractivity (Wildman–Crippen MR) is 54.7 cm³/mol. The van der Waals surface area contributed by atoms with E-state index in [0.29, 0.717) is 0 Å². The molecule has 0 amide bonds. The van der Waals surface area contributed by atoms with E-state index in [1.165, 1.54) is 0 Å². The van der Waals surface area contributed by atoms with Gasteiger partial charge in [0.1, 0.15) is 0 Å². The van der Waals surface area contributed by atoms with Crippen LogP contribution in [0.25, 0.3) is 6.08 Å². The van der Waals surface area contributed by atoms with Crippen molar-refractivity contribution in [3.05, 3.63) is 44.7 Å². The number of nitro groups is 1. The molecule has 0 radical (unpaired) electrons. The molecule has 0 aliphatic rings. The fraction of sp³-hybridized carbons (Fsp3) is 0. The second kappa shape index (κ2) is 4.71. The quantitative estimate of drug-likeness (QED) is 0.504. The summed E-state index contributed by atoms with van der Waals surface area (Å²) in [5, 5.41) is 18.6. The van der Waals surface area contributed by atoms with Gasteiger partial charge in [0, 0.05) is 12.1 Å². The lowest BCUT2D eigenvalue weighted by Gasteiger charge is -1.99. The van der Waals surface area contributed by atoms with E-state index in [4.69, 9.17) is 16.7 Å². The molecule has 0 aliphatic heterocycles. The Morgan fingerprint density at radius 1 is 1.56 bits per heavy atom. The van der Waals surface area contributed by atoms with Crippen molar-refractivity contribution >= 4 is 29.3 Å². The lowest BCUT2D eigenvalue weighted by Crippen LogP contribution is -1.94. The van der Waals surface area contributed by atoms with Crippen LogP contribution < -0.4 is 0 Å². The van der Waals surface area contributed by atoms with Gasteiger partial charge in [0.2, 0.25) is 5.82 Å². The van der Waals surface area contributed by atoms with Crippen LogP contribution in [0.5, 0.6) is 0 Å². The smallest absolute Gasteiger partial charge is 0.328 e. The summed E-state index contributed by atoms with van der Waals surface area (Å²) < 4.78 is 13.1. The molecule has 0 aromatic heterocycles. The maximum absolute atomic E-state index is 13.1. The largest absolute Gasteiger partial charge is 0.478 e. The third-order valence-electron chi connectivity index (χ3n) is 1.67. The van der Waals surface area contributed by atoms with E-state index in [1.54, 1.807) is 0 Å². The van der Waals surface area contributed by atoms with Crippen LogP contribution in [0.1, 0.15) is 5.56 Å². The molecule has 84 valence electrons. The second-order valence-electron chi connectivity index (χ2n) is 2.75. The minimum absolute atomic E-state index is 0.0622. The average Bonchev–Trinajstić information content (AvgIpc) is 2.18. The van der Waals surface area contributed by atoms with E-state index in [2.05, 4.69) is 0 Å². The fourth-order valence-electron chi connectivity index (χ4n) is 0.980. The lowest BCUT2D eigenvalue weighted by molar-refractivity contribution is -0.387. The van der Waals surface area contributed by atoms with Crippen LogP contribution in [0.15, 0.2) is 18.2 Å². The van der Waals surface area contributed by atoms with Crippen molar-refractivity contribution in [2.24, 2.45) is 0 Å². The minimum Gasteiger partial charge on any atom is -0.478 e. The molecular formula is C9H5ClFNO4. The van der Waals surface area contributed by atoms with E-state index < -0.39 is 22.4 Å². The van der Waals surface area contributed by atoms with Crippen molar-refractivity contribution in [3.8, 4) is 0 Å². The van der Waals surface area contributed by atoms with Crippen molar-refractivity contribution in [2.45, 2.75) is 0 Å². The van der Waals surface area contributed by atoms with Crippen LogP contribution in [0, 0.1) is 15.9 Å². The van der Waals surface area contributed by atoms with E-state index in [-0.39, 0.29) is 10.6 Å². The van der Waals surface area contributed by atoms with Gasteiger partial charge in [0.05, 0.1) is 9.95 Å². The molecule has 7 heteroatoms. The van der Waals surface area contributed by atoms with Crippen molar-refractivity contribution in [3.63, 3.8) is 0 Å². The first-order valence-electron chi connectivity index (χ1n) is 3.96. The minimum atomic E-state index is -1.23. The maximum atomic E-state index is 13.1. The molecule has 0 heterocycles. The van der Waals surface area contributed by atoms with E-state index >= 15 is 0 Å². The molecule has 0 bridgehead atoms. The fourth-order valence-corrected chi connectivity index (χ4v) is 1.20. The summed E-state index contributed by atoms with van der Waals surface area (Å²) >= 11 is 5.61. The summed E-state index contributed by atoms with van der Waals surface area (Å²) in [7, 11) is 0. The molecule has 1 N–H and O–H groups in total. The highest BCUT2D eigenvalue weighted by Gasteiger charge is 2.16. The van der Waals surface area contributed by atoms with Crippen molar-refractivity contribution in [1.82, 2.24) is 0 Å². The number of nitrogens with zero attached hydrogens (tertiary/aromatic N) is 1. The number of nitro benzene ring substituents is 1. The predicted octanol–water partition coefficient (Wildman–Crippen LogP) is 2.49. The Labute approximate surface area is 93.9 Å². The highest BCUT2D eigenvalue weighted by molar-refractivity contribution is 6.32. The first kappa shape index (κ1) is 12.1. The summed E-state index contributed by atoms with van der Waals surface area (Å²) in [6.45, 7) is 0. The number of rotatable bonds is 3. The standard InChI is InChI=1S/C9H5ClFNO4/c10-6-4-8(12(15)16)7(11)3-5(6)1-2-9(13)14/h1-4H,(H,13,14). The van der Waals surface area contributed by atoms with Gasteiger partial charge in [-0.15, -0.1) is 0 Å². The van der Waals surface area contributed by atoms with Crippen molar-refractivity contribution in [2.75, 3.05) is 0 Å². The van der Waals surface area contributed by atoms with Crippen LogP contribution in [-0.4, -0.2) is 16.0 Å². The van der Waals surface area contributed by atoms with E-state index in [9.17, 15) is 19.3 Å². The van der Waals surface area contributed by atoms with Gasteiger partial charge in [-0.1, -0.05) is 11.6 Å². The molecule has 1 aromatic carbocycles. The molecule has 0 fully saturated rings. The summed E-state index contributed by atoms with van der Waals surface area (Å²) in [5.74, 6) is -2.30. The second-order valence-corrected chi connectivity index (χ2v) is 3.16. The number of hydrogen-bond donors (Lipinski definition) is 1. The van der Waals surface area contributed by atoms with Gasteiger partial charge in [-0.3, -0.25) is 10.1 Å². The third-order valence-corrected chi connectivity index (χ3v) is 2.00. The van der Waals surface area contributed by atoms with Crippen LogP contribution >= 0.6 is 11.6 Å². The normalized spacial score (nSPS) is 10.6. The Bertz CT molecular complexity index is 487. The molecule has 0 unspecified atom stereocenters. The van der Waals surface area contributed by atoms with Crippen molar-refractivity contribution < 1.29 is 19.2 Å². The van der Waals surface area contributed by atoms with E-state index in [1.807, 2.05) is 0 Å². The Balaban J connectivity index is 3.20. The third kappa shape index (κ3) is 2.77. The Kier molecular flexibility index (Phi) is 3.57. The summed E-state index contributed by atoms with van der Waals surface area (Å²) in [5.41, 5.74) is -0.690. The molecule has 0 saturated heterocycles. The SMILES string of the molecule is O=C(O)C=Cc1cc(F)c([N+](=O)[O-])cc1Cl. The van der Waals surface area contributed by atoms with Gasteiger partial charge in [0.15, 0.2) is 0 Å². The molecule has 0 spiro atoms. The molecule has 16 heavy (non-hydrogen) atoms. The van der Waals surface area contributed by atoms with Crippen LogP contribution in [0.4, 0.5) is 10.1 Å². The average molecular weight is 246 g/mol. The van der Waals surface area contributed by atoms with Gasteiger partial charge < -0.3 is 5.11 Å². The topological polar surface area (TPSA) is 80.4 Å². The molecule has 0 saturated carbocycles. The Morgan fingerprint density at radius 2 is 2.19 bits per heavy atom. The number of carboxylic acids is 1. The van der Waals surface area contributed by atoms with Crippen LogP contribution in [0.3, 0.4) is 0 Å². The Morgan fingerprint density at radius 3 is 2.69 bits per heavy atom. The Hall–Kier alpha value is -1.95.